The molecule has 1 rings (SSSR count). The van der Waals surface area contributed by atoms with E-state index in [1.807, 2.05) is 0 Å². The highest BCUT2D eigenvalue weighted by molar-refractivity contribution is 9.10. The van der Waals surface area contributed by atoms with Crippen molar-refractivity contribution >= 4 is 27.5 Å². The number of hydrogen-bond donors (Lipinski definition) is 3. The van der Waals surface area contributed by atoms with Crippen LogP contribution in [0.15, 0.2) is 16.6 Å². The Morgan fingerprint density at radius 1 is 1.62 bits per heavy atom. The van der Waals surface area contributed by atoms with E-state index in [4.69, 9.17) is 10.8 Å². The number of nitrogens with one attached hydrogen (secondary N) is 1. The summed E-state index contributed by atoms with van der Waals surface area (Å²) in [5.74, 6) is -0.230. The van der Waals surface area contributed by atoms with Crippen LogP contribution >= 0.6 is 15.9 Å². The monoisotopic (exact) mass is 286 g/mol. The lowest BCUT2D eigenvalue weighted by Gasteiger charge is -2.11. The number of aliphatic hydroxyl groups is 1. The number of halogens is 1. The van der Waals surface area contributed by atoms with Crippen molar-refractivity contribution in [3.05, 3.63) is 27.7 Å². The lowest BCUT2D eigenvalue weighted by molar-refractivity contribution is 0.0923. The number of benzene rings is 1. The minimum Gasteiger partial charge on any atom is -0.398 e. The van der Waals surface area contributed by atoms with Crippen molar-refractivity contribution in [2.75, 3.05) is 12.3 Å². The van der Waals surface area contributed by atoms with Gasteiger partial charge in [0.2, 0.25) is 0 Å². The van der Waals surface area contributed by atoms with Gasteiger partial charge in [-0.15, -0.1) is 0 Å². The molecule has 88 valence electrons. The van der Waals surface area contributed by atoms with E-state index in [0.29, 0.717) is 11.3 Å². The van der Waals surface area contributed by atoms with Gasteiger partial charge in [0.05, 0.1) is 6.10 Å². The molecule has 1 amide bonds. The Balaban J connectivity index is 2.91. The topological polar surface area (TPSA) is 75.4 Å². The van der Waals surface area contributed by atoms with E-state index in [0.717, 1.165) is 10.0 Å². The summed E-state index contributed by atoms with van der Waals surface area (Å²) in [6.45, 7) is 3.63. The summed E-state index contributed by atoms with van der Waals surface area (Å²) in [6.07, 6.45) is -0.561. The van der Waals surface area contributed by atoms with Gasteiger partial charge in [0.15, 0.2) is 0 Å². The van der Waals surface area contributed by atoms with Crippen LogP contribution in [0, 0.1) is 6.92 Å². The van der Waals surface area contributed by atoms with Crippen molar-refractivity contribution in [1.82, 2.24) is 5.32 Å². The van der Waals surface area contributed by atoms with Crippen molar-refractivity contribution in [2.24, 2.45) is 0 Å². The predicted octanol–water partition coefficient (Wildman–Crippen LogP) is 1.45. The maximum absolute atomic E-state index is 11.8. The van der Waals surface area contributed by atoms with Gasteiger partial charge in [-0.1, -0.05) is 15.9 Å². The molecule has 0 radical (unpaired) electrons. The van der Waals surface area contributed by atoms with Gasteiger partial charge in [0.1, 0.15) is 0 Å². The summed E-state index contributed by atoms with van der Waals surface area (Å²) in [4.78, 5) is 11.8. The van der Waals surface area contributed by atoms with Crippen LogP contribution in [-0.2, 0) is 0 Å². The molecule has 0 aromatic heterocycles. The molecule has 1 unspecified atom stereocenters. The molecule has 0 spiro atoms. The molecule has 0 fully saturated rings. The van der Waals surface area contributed by atoms with E-state index in [1.165, 1.54) is 0 Å². The number of carbonyl (C=O) groups excluding carboxylic acids is 1. The third kappa shape index (κ3) is 3.21. The molecule has 4 nitrogen and oxygen atoms in total. The third-order valence-electron chi connectivity index (χ3n) is 2.22. The quantitative estimate of drug-likeness (QED) is 0.736. The highest BCUT2D eigenvalue weighted by atomic mass is 79.9. The minimum absolute atomic E-state index is 0.227. The molecule has 5 heteroatoms. The van der Waals surface area contributed by atoms with Gasteiger partial charge < -0.3 is 16.2 Å². The number of amides is 1. The summed E-state index contributed by atoms with van der Waals surface area (Å²) in [7, 11) is 0. The van der Waals surface area contributed by atoms with E-state index >= 15 is 0 Å². The molecule has 0 aliphatic heterocycles. The summed E-state index contributed by atoms with van der Waals surface area (Å²) < 4.78 is 0.762. The smallest absolute Gasteiger partial charge is 0.251 e. The van der Waals surface area contributed by atoms with Gasteiger partial charge in [0, 0.05) is 22.3 Å². The standard InChI is InChI=1S/C11H15BrN2O2/c1-6(15)5-14-11(16)9-3-8(12)4-10(13)7(9)2/h3-4,6,15H,5,13H2,1-2H3,(H,14,16). The zero-order valence-corrected chi connectivity index (χ0v) is 10.8. The van der Waals surface area contributed by atoms with Crippen LogP contribution in [-0.4, -0.2) is 23.7 Å². The van der Waals surface area contributed by atoms with E-state index in [9.17, 15) is 4.79 Å². The van der Waals surface area contributed by atoms with Gasteiger partial charge in [-0.05, 0) is 31.5 Å². The van der Waals surface area contributed by atoms with Crippen LogP contribution in [0.4, 0.5) is 5.69 Å². The van der Waals surface area contributed by atoms with Gasteiger partial charge in [-0.2, -0.15) is 0 Å². The van der Waals surface area contributed by atoms with Crippen molar-refractivity contribution in [3.8, 4) is 0 Å². The number of nitrogens with two attached hydrogens (primary N) is 1. The molecule has 0 aliphatic carbocycles. The summed E-state index contributed by atoms with van der Waals surface area (Å²) in [6, 6.07) is 3.46. The first-order valence-corrected chi connectivity index (χ1v) is 5.73. The predicted molar refractivity (Wildman–Crippen MR) is 67.3 cm³/mol. The Hall–Kier alpha value is -1.07. The molecular weight excluding hydrogens is 272 g/mol. The van der Waals surface area contributed by atoms with Gasteiger partial charge >= 0.3 is 0 Å². The SMILES string of the molecule is Cc1c(N)cc(Br)cc1C(=O)NCC(C)O. The molecule has 0 aliphatic rings. The van der Waals surface area contributed by atoms with Crippen molar-refractivity contribution in [2.45, 2.75) is 20.0 Å². The number of hydrogen-bond acceptors (Lipinski definition) is 3. The van der Waals surface area contributed by atoms with Crippen LogP contribution in [0.25, 0.3) is 0 Å². The third-order valence-corrected chi connectivity index (χ3v) is 2.67. The van der Waals surface area contributed by atoms with Crippen molar-refractivity contribution in [1.29, 1.82) is 0 Å². The molecule has 0 saturated heterocycles. The Morgan fingerprint density at radius 2 is 2.25 bits per heavy atom. The summed E-state index contributed by atoms with van der Waals surface area (Å²) in [5.41, 5.74) is 7.58. The normalized spacial score (nSPS) is 12.2. The van der Waals surface area contributed by atoms with E-state index in [-0.39, 0.29) is 12.5 Å². The first-order valence-electron chi connectivity index (χ1n) is 4.93. The molecule has 4 N–H and O–H groups in total. The zero-order valence-electron chi connectivity index (χ0n) is 9.25. The fourth-order valence-electron chi connectivity index (χ4n) is 1.27. The Bertz CT molecular complexity index is 405. The molecule has 16 heavy (non-hydrogen) atoms. The largest absolute Gasteiger partial charge is 0.398 e. The summed E-state index contributed by atoms with van der Waals surface area (Å²) >= 11 is 3.29. The number of anilines is 1. The zero-order chi connectivity index (χ0) is 12.3. The summed E-state index contributed by atoms with van der Waals surface area (Å²) in [5, 5.41) is 11.7. The second-order valence-electron chi connectivity index (χ2n) is 3.73. The Labute approximate surface area is 103 Å². The lowest BCUT2D eigenvalue weighted by Crippen LogP contribution is -2.31. The minimum atomic E-state index is -0.561. The van der Waals surface area contributed by atoms with E-state index in [2.05, 4.69) is 21.2 Å². The average molecular weight is 287 g/mol. The molecule has 1 aromatic carbocycles. The van der Waals surface area contributed by atoms with Crippen LogP contribution in [0.2, 0.25) is 0 Å². The maximum atomic E-state index is 11.8. The van der Waals surface area contributed by atoms with E-state index < -0.39 is 6.10 Å². The van der Waals surface area contributed by atoms with Crippen LogP contribution in [0.1, 0.15) is 22.8 Å². The van der Waals surface area contributed by atoms with Crippen LogP contribution in [0.5, 0.6) is 0 Å². The van der Waals surface area contributed by atoms with E-state index in [1.54, 1.807) is 26.0 Å². The first kappa shape index (κ1) is 13.0. The molecule has 0 bridgehead atoms. The molecule has 1 aromatic rings. The Kier molecular flexibility index (Phi) is 4.32. The number of aliphatic hydroxyl groups excluding tert-OH is 1. The molecular formula is C11H15BrN2O2. The highest BCUT2D eigenvalue weighted by Crippen LogP contribution is 2.22. The fourth-order valence-corrected chi connectivity index (χ4v) is 1.75. The number of rotatable bonds is 3. The maximum Gasteiger partial charge on any atom is 0.251 e. The van der Waals surface area contributed by atoms with Crippen LogP contribution in [0.3, 0.4) is 0 Å². The Morgan fingerprint density at radius 3 is 2.81 bits per heavy atom. The number of nitrogen functional groups attached to an aromatic ring is 1. The lowest BCUT2D eigenvalue weighted by atomic mass is 10.1. The second-order valence-corrected chi connectivity index (χ2v) is 4.64. The van der Waals surface area contributed by atoms with Gasteiger partial charge in [-0.3, -0.25) is 4.79 Å². The average Bonchev–Trinajstić information content (AvgIpc) is 2.19. The molecule has 1 atom stereocenters. The number of carbonyl (C=O) groups is 1. The van der Waals surface area contributed by atoms with Gasteiger partial charge in [0.25, 0.3) is 5.91 Å². The fraction of sp³-hybridized carbons (Fsp3) is 0.364. The first-order chi connectivity index (χ1) is 7.41. The van der Waals surface area contributed by atoms with Crippen molar-refractivity contribution < 1.29 is 9.90 Å². The molecule has 0 heterocycles. The highest BCUT2D eigenvalue weighted by Gasteiger charge is 2.12. The van der Waals surface area contributed by atoms with Gasteiger partial charge in [-0.25, -0.2) is 0 Å². The second kappa shape index (κ2) is 5.32. The van der Waals surface area contributed by atoms with Crippen molar-refractivity contribution in [3.63, 3.8) is 0 Å². The van der Waals surface area contributed by atoms with Crippen LogP contribution < -0.4 is 11.1 Å². The molecule has 0 saturated carbocycles.